The molecule has 0 radical (unpaired) electrons. The van der Waals surface area contributed by atoms with E-state index in [0.29, 0.717) is 29.1 Å². The SMILES string of the molecule is CC(CCCC(=O)O)NC(=O)Nc1cc(Cl)ccc1C#N. The highest BCUT2D eigenvalue weighted by Crippen LogP contribution is 2.20. The fraction of sp³-hybridized carbons (Fsp3) is 0.357. The number of aliphatic carboxylic acids is 1. The quantitative estimate of drug-likeness (QED) is 0.751. The Morgan fingerprint density at radius 1 is 1.48 bits per heavy atom. The molecule has 7 heteroatoms. The number of benzene rings is 1. The number of hydrogen-bond acceptors (Lipinski definition) is 3. The first-order valence-electron chi connectivity index (χ1n) is 6.41. The summed E-state index contributed by atoms with van der Waals surface area (Å²) >= 11 is 5.82. The van der Waals surface area contributed by atoms with E-state index < -0.39 is 12.0 Å². The van der Waals surface area contributed by atoms with Crippen LogP contribution in [0.5, 0.6) is 0 Å². The molecule has 2 amide bonds. The average Bonchev–Trinajstić information content (AvgIpc) is 2.38. The first kappa shape index (κ1) is 16.8. The summed E-state index contributed by atoms with van der Waals surface area (Å²) < 4.78 is 0. The normalized spacial score (nSPS) is 11.3. The van der Waals surface area contributed by atoms with Gasteiger partial charge in [-0.05, 0) is 38.0 Å². The van der Waals surface area contributed by atoms with Crippen LogP contribution in [-0.2, 0) is 4.79 Å². The van der Waals surface area contributed by atoms with E-state index in [1.54, 1.807) is 13.0 Å². The molecular weight excluding hydrogens is 294 g/mol. The van der Waals surface area contributed by atoms with Gasteiger partial charge in [0.15, 0.2) is 0 Å². The minimum atomic E-state index is -0.857. The second-order valence-electron chi connectivity index (χ2n) is 4.59. The van der Waals surface area contributed by atoms with Crippen molar-refractivity contribution in [2.75, 3.05) is 5.32 Å². The van der Waals surface area contributed by atoms with Crippen molar-refractivity contribution in [1.29, 1.82) is 5.26 Å². The van der Waals surface area contributed by atoms with Gasteiger partial charge in [-0.3, -0.25) is 4.79 Å². The number of carbonyl (C=O) groups excluding carboxylic acids is 1. The lowest BCUT2D eigenvalue weighted by Crippen LogP contribution is -2.36. The number of nitriles is 1. The predicted octanol–water partition coefficient (Wildman–Crippen LogP) is 2.98. The largest absolute Gasteiger partial charge is 0.481 e. The van der Waals surface area contributed by atoms with E-state index in [9.17, 15) is 9.59 Å². The maximum atomic E-state index is 11.8. The molecule has 0 heterocycles. The Bertz CT molecular complexity index is 569. The summed E-state index contributed by atoms with van der Waals surface area (Å²) in [6, 6.07) is 5.91. The molecule has 1 atom stereocenters. The molecule has 3 N–H and O–H groups in total. The number of anilines is 1. The summed E-state index contributed by atoms with van der Waals surface area (Å²) in [6.07, 6.45) is 1.11. The third-order valence-corrected chi connectivity index (χ3v) is 2.99. The van der Waals surface area contributed by atoms with Crippen molar-refractivity contribution in [3.63, 3.8) is 0 Å². The Kier molecular flexibility index (Phi) is 6.50. The minimum absolute atomic E-state index is 0.0700. The van der Waals surface area contributed by atoms with Gasteiger partial charge in [0, 0.05) is 17.5 Å². The Hall–Kier alpha value is -2.26. The molecule has 1 rings (SSSR count). The third kappa shape index (κ3) is 6.15. The Morgan fingerprint density at radius 3 is 2.81 bits per heavy atom. The minimum Gasteiger partial charge on any atom is -0.481 e. The molecule has 1 unspecified atom stereocenters. The zero-order chi connectivity index (χ0) is 15.8. The van der Waals surface area contributed by atoms with Crippen LogP contribution in [0.4, 0.5) is 10.5 Å². The van der Waals surface area contributed by atoms with Gasteiger partial charge < -0.3 is 15.7 Å². The summed E-state index contributed by atoms with van der Waals surface area (Å²) in [5, 5.41) is 23.1. The van der Waals surface area contributed by atoms with Gasteiger partial charge >= 0.3 is 12.0 Å². The molecule has 0 saturated carbocycles. The molecule has 0 aliphatic carbocycles. The zero-order valence-electron chi connectivity index (χ0n) is 11.5. The smallest absolute Gasteiger partial charge is 0.319 e. The van der Waals surface area contributed by atoms with Crippen molar-refractivity contribution in [3.05, 3.63) is 28.8 Å². The topological polar surface area (TPSA) is 102 Å². The highest BCUT2D eigenvalue weighted by atomic mass is 35.5. The van der Waals surface area contributed by atoms with Gasteiger partial charge in [0.25, 0.3) is 0 Å². The number of nitrogens with zero attached hydrogens (tertiary/aromatic N) is 1. The molecule has 0 aromatic heterocycles. The Morgan fingerprint density at radius 2 is 2.19 bits per heavy atom. The van der Waals surface area contributed by atoms with E-state index in [-0.39, 0.29) is 12.5 Å². The number of carboxylic acid groups (broad SMARTS) is 1. The number of amides is 2. The number of urea groups is 1. The van der Waals surface area contributed by atoms with Gasteiger partial charge in [-0.1, -0.05) is 11.6 Å². The standard InChI is InChI=1S/C14H16ClN3O3/c1-9(3-2-4-13(19)20)17-14(21)18-12-7-11(15)6-5-10(12)8-16/h5-7,9H,2-4H2,1H3,(H,19,20)(H2,17,18,21). The van der Waals surface area contributed by atoms with Crippen LogP contribution in [0.2, 0.25) is 5.02 Å². The molecule has 0 spiro atoms. The lowest BCUT2D eigenvalue weighted by Gasteiger charge is -2.14. The number of hydrogen-bond donors (Lipinski definition) is 3. The predicted molar refractivity (Wildman–Crippen MR) is 79.3 cm³/mol. The van der Waals surface area contributed by atoms with Crippen LogP contribution < -0.4 is 10.6 Å². The Balaban J connectivity index is 2.52. The molecule has 0 bridgehead atoms. The molecule has 1 aromatic rings. The summed E-state index contributed by atoms with van der Waals surface area (Å²) in [5.41, 5.74) is 0.647. The molecule has 112 valence electrons. The molecule has 0 fully saturated rings. The van der Waals surface area contributed by atoms with Crippen molar-refractivity contribution in [2.24, 2.45) is 0 Å². The van der Waals surface area contributed by atoms with Gasteiger partial charge in [0.2, 0.25) is 0 Å². The summed E-state index contributed by atoms with van der Waals surface area (Å²) in [6.45, 7) is 1.78. The summed E-state index contributed by atoms with van der Waals surface area (Å²) in [4.78, 5) is 22.2. The van der Waals surface area contributed by atoms with E-state index in [1.807, 2.05) is 6.07 Å². The molecule has 1 aromatic carbocycles. The third-order valence-electron chi connectivity index (χ3n) is 2.76. The maximum absolute atomic E-state index is 11.8. The first-order valence-corrected chi connectivity index (χ1v) is 6.79. The van der Waals surface area contributed by atoms with Crippen molar-refractivity contribution in [3.8, 4) is 6.07 Å². The van der Waals surface area contributed by atoms with Crippen LogP contribution >= 0.6 is 11.6 Å². The van der Waals surface area contributed by atoms with E-state index in [4.69, 9.17) is 22.0 Å². The van der Waals surface area contributed by atoms with E-state index in [0.717, 1.165) is 0 Å². The van der Waals surface area contributed by atoms with Gasteiger partial charge in [-0.25, -0.2) is 4.79 Å². The van der Waals surface area contributed by atoms with Crippen molar-refractivity contribution >= 4 is 29.3 Å². The van der Waals surface area contributed by atoms with Crippen LogP contribution in [0.3, 0.4) is 0 Å². The second kappa shape index (κ2) is 8.12. The molecular formula is C14H16ClN3O3. The number of halogens is 1. The van der Waals surface area contributed by atoms with Gasteiger partial charge in [-0.2, -0.15) is 5.26 Å². The highest BCUT2D eigenvalue weighted by molar-refractivity contribution is 6.31. The average molecular weight is 310 g/mol. The fourth-order valence-corrected chi connectivity index (χ4v) is 1.90. The number of carboxylic acids is 1. The molecule has 0 aliphatic heterocycles. The van der Waals surface area contributed by atoms with Gasteiger partial charge in [-0.15, -0.1) is 0 Å². The lowest BCUT2D eigenvalue weighted by molar-refractivity contribution is -0.137. The monoisotopic (exact) mass is 309 g/mol. The van der Waals surface area contributed by atoms with Gasteiger partial charge in [0.05, 0.1) is 11.3 Å². The first-order chi connectivity index (χ1) is 9.92. The van der Waals surface area contributed by atoms with Gasteiger partial charge in [0.1, 0.15) is 6.07 Å². The molecule has 0 aliphatic rings. The Labute approximate surface area is 127 Å². The summed E-state index contributed by atoms with van der Waals surface area (Å²) in [5.74, 6) is -0.857. The maximum Gasteiger partial charge on any atom is 0.319 e. The number of carbonyl (C=O) groups is 2. The fourth-order valence-electron chi connectivity index (χ4n) is 1.73. The van der Waals surface area contributed by atoms with Crippen molar-refractivity contribution in [1.82, 2.24) is 5.32 Å². The van der Waals surface area contributed by atoms with Crippen molar-refractivity contribution < 1.29 is 14.7 Å². The van der Waals surface area contributed by atoms with Crippen LogP contribution in [0.25, 0.3) is 0 Å². The second-order valence-corrected chi connectivity index (χ2v) is 5.02. The van der Waals surface area contributed by atoms with Crippen molar-refractivity contribution in [2.45, 2.75) is 32.2 Å². The number of nitrogens with one attached hydrogen (secondary N) is 2. The van der Waals surface area contributed by atoms with Crippen LogP contribution in [-0.4, -0.2) is 23.1 Å². The summed E-state index contributed by atoms with van der Waals surface area (Å²) in [7, 11) is 0. The number of rotatable bonds is 6. The molecule has 21 heavy (non-hydrogen) atoms. The van der Waals surface area contributed by atoms with E-state index in [1.165, 1.54) is 12.1 Å². The highest BCUT2D eigenvalue weighted by Gasteiger charge is 2.10. The molecule has 6 nitrogen and oxygen atoms in total. The lowest BCUT2D eigenvalue weighted by atomic mass is 10.1. The van der Waals surface area contributed by atoms with E-state index >= 15 is 0 Å². The van der Waals surface area contributed by atoms with Crippen LogP contribution in [0.1, 0.15) is 31.7 Å². The molecule has 0 saturated heterocycles. The van der Waals surface area contributed by atoms with Crippen LogP contribution in [0.15, 0.2) is 18.2 Å². The van der Waals surface area contributed by atoms with E-state index in [2.05, 4.69) is 10.6 Å². The van der Waals surface area contributed by atoms with Crippen LogP contribution in [0, 0.1) is 11.3 Å². The zero-order valence-corrected chi connectivity index (χ0v) is 12.3.